The van der Waals surface area contributed by atoms with Gasteiger partial charge < -0.3 is 14.5 Å². The number of anilines is 1. The van der Waals surface area contributed by atoms with Crippen molar-refractivity contribution >= 4 is 29.1 Å². The van der Waals surface area contributed by atoms with Gasteiger partial charge in [0.15, 0.2) is 0 Å². The number of amides is 2. The van der Waals surface area contributed by atoms with E-state index in [4.69, 9.17) is 16.3 Å². The first-order chi connectivity index (χ1) is 13.4. The number of methoxy groups -OCH3 is 1. The summed E-state index contributed by atoms with van der Waals surface area (Å²) < 4.78 is 5.50. The number of ether oxygens (including phenoxy) is 1. The van der Waals surface area contributed by atoms with E-state index < -0.39 is 0 Å². The molecule has 0 bridgehead atoms. The van der Waals surface area contributed by atoms with Gasteiger partial charge in [0.25, 0.3) is 0 Å². The van der Waals surface area contributed by atoms with E-state index in [0.717, 1.165) is 57.3 Å². The fraction of sp³-hybridized carbons (Fsp3) is 0.636. The van der Waals surface area contributed by atoms with Crippen molar-refractivity contribution in [3.63, 3.8) is 0 Å². The van der Waals surface area contributed by atoms with E-state index >= 15 is 0 Å². The van der Waals surface area contributed by atoms with Crippen LogP contribution in [0.4, 0.5) is 5.69 Å². The van der Waals surface area contributed by atoms with Crippen LogP contribution in [-0.4, -0.2) is 49.6 Å². The molecule has 2 atom stereocenters. The second-order valence-electron chi connectivity index (χ2n) is 8.59. The Hall–Kier alpha value is -1.59. The van der Waals surface area contributed by atoms with Gasteiger partial charge in [-0.15, -0.1) is 0 Å². The minimum Gasteiger partial charge on any atom is -0.381 e. The molecule has 0 N–H and O–H groups in total. The lowest BCUT2D eigenvalue weighted by atomic mass is 9.74. The number of rotatable bonds is 2. The smallest absolute Gasteiger partial charge is 0.225 e. The van der Waals surface area contributed by atoms with E-state index in [1.807, 2.05) is 28.0 Å². The van der Waals surface area contributed by atoms with Crippen LogP contribution in [0.5, 0.6) is 0 Å². The summed E-state index contributed by atoms with van der Waals surface area (Å²) in [4.78, 5) is 29.2. The summed E-state index contributed by atoms with van der Waals surface area (Å²) in [5.41, 5.74) is 2.05. The van der Waals surface area contributed by atoms with Crippen molar-refractivity contribution in [3.8, 4) is 0 Å². The van der Waals surface area contributed by atoms with E-state index in [1.165, 1.54) is 5.56 Å². The summed E-state index contributed by atoms with van der Waals surface area (Å²) in [5, 5.41) is 0.704. The second kappa shape index (κ2) is 7.68. The summed E-state index contributed by atoms with van der Waals surface area (Å²) in [6.45, 7) is 3.79. The Morgan fingerprint density at radius 3 is 2.64 bits per heavy atom. The van der Waals surface area contributed by atoms with E-state index in [-0.39, 0.29) is 29.3 Å². The molecular formula is C22H29ClN2O3. The summed E-state index contributed by atoms with van der Waals surface area (Å²) >= 11 is 6.28. The van der Waals surface area contributed by atoms with Crippen molar-refractivity contribution in [1.82, 2.24) is 4.90 Å². The highest BCUT2D eigenvalue weighted by Crippen LogP contribution is 2.48. The summed E-state index contributed by atoms with van der Waals surface area (Å²) in [6.07, 6.45) is 5.89. The molecule has 2 amide bonds. The molecule has 0 radical (unpaired) electrons. The standard InChI is InChI=1S/C22H29ClN2O3/c1-15(26)25-14-22(19-13-17(23)6-7-20(19)25)8-10-24(11-9-22)21(27)16-4-3-5-18(12-16)28-2/h6-7,13,16,18H,3-5,8-12,14H2,1-2H3/t16-,18+/m0/s1. The van der Waals surface area contributed by atoms with Crippen molar-refractivity contribution in [2.75, 3.05) is 31.6 Å². The van der Waals surface area contributed by atoms with Crippen LogP contribution in [0.2, 0.25) is 5.02 Å². The molecule has 1 saturated heterocycles. The number of piperidine rings is 1. The van der Waals surface area contributed by atoms with E-state index in [9.17, 15) is 9.59 Å². The van der Waals surface area contributed by atoms with Crippen LogP contribution in [0, 0.1) is 5.92 Å². The predicted octanol–water partition coefficient (Wildman–Crippen LogP) is 3.77. The average molecular weight is 405 g/mol. The molecule has 3 aliphatic rings. The van der Waals surface area contributed by atoms with Gasteiger partial charge in [0.2, 0.25) is 11.8 Å². The largest absolute Gasteiger partial charge is 0.381 e. The highest BCUT2D eigenvalue weighted by atomic mass is 35.5. The maximum absolute atomic E-state index is 13.1. The van der Waals surface area contributed by atoms with Gasteiger partial charge in [0, 0.05) is 55.7 Å². The number of fused-ring (bicyclic) bond motifs is 2. The van der Waals surface area contributed by atoms with E-state index in [1.54, 1.807) is 14.0 Å². The van der Waals surface area contributed by atoms with Crippen LogP contribution in [0.1, 0.15) is 51.0 Å². The number of carbonyl (C=O) groups excluding carboxylic acids is 2. The van der Waals surface area contributed by atoms with Crippen LogP contribution < -0.4 is 4.90 Å². The molecule has 28 heavy (non-hydrogen) atoms. The van der Waals surface area contributed by atoms with E-state index in [2.05, 4.69) is 0 Å². The van der Waals surface area contributed by atoms with Crippen LogP contribution in [0.25, 0.3) is 0 Å². The monoisotopic (exact) mass is 404 g/mol. The van der Waals surface area contributed by atoms with Crippen molar-refractivity contribution in [3.05, 3.63) is 28.8 Å². The lowest BCUT2D eigenvalue weighted by Gasteiger charge is -2.41. The first-order valence-corrected chi connectivity index (χ1v) is 10.7. The summed E-state index contributed by atoms with van der Waals surface area (Å²) in [7, 11) is 1.74. The molecule has 152 valence electrons. The Bertz CT molecular complexity index is 773. The Balaban J connectivity index is 1.49. The molecule has 1 aliphatic carbocycles. The van der Waals surface area contributed by atoms with Gasteiger partial charge in [0.05, 0.1) is 6.10 Å². The molecular weight excluding hydrogens is 376 g/mol. The topological polar surface area (TPSA) is 49.9 Å². The van der Waals surface area contributed by atoms with Gasteiger partial charge in [-0.25, -0.2) is 0 Å². The number of benzene rings is 1. The van der Waals surface area contributed by atoms with Crippen LogP contribution in [0.3, 0.4) is 0 Å². The molecule has 1 saturated carbocycles. The fourth-order valence-corrected chi connectivity index (χ4v) is 5.52. The zero-order valence-corrected chi connectivity index (χ0v) is 17.5. The van der Waals surface area contributed by atoms with Gasteiger partial charge in [-0.3, -0.25) is 9.59 Å². The number of hydrogen-bond donors (Lipinski definition) is 0. The maximum atomic E-state index is 13.1. The molecule has 2 heterocycles. The average Bonchev–Trinajstić information content (AvgIpc) is 3.02. The van der Waals surface area contributed by atoms with Gasteiger partial charge in [-0.05, 0) is 55.9 Å². The molecule has 1 aromatic carbocycles. The SMILES string of the molecule is CO[C@@H]1CCC[C@H](C(=O)N2CCC3(CC2)CN(C(C)=O)c2ccc(Cl)cc23)C1. The molecule has 1 aromatic rings. The number of likely N-dealkylation sites (tertiary alicyclic amines) is 1. The Labute approximate surface area is 172 Å². The minimum absolute atomic E-state index is 0.0618. The first kappa shape index (κ1) is 19.7. The molecule has 6 heteroatoms. The van der Waals surface area contributed by atoms with E-state index in [0.29, 0.717) is 11.6 Å². The maximum Gasteiger partial charge on any atom is 0.225 e. The number of nitrogens with zero attached hydrogens (tertiary/aromatic N) is 2. The second-order valence-corrected chi connectivity index (χ2v) is 9.03. The van der Waals surface area contributed by atoms with Crippen LogP contribution in [0.15, 0.2) is 18.2 Å². The minimum atomic E-state index is -0.0929. The summed E-state index contributed by atoms with van der Waals surface area (Å²) in [6, 6.07) is 5.82. The zero-order chi connectivity index (χ0) is 19.9. The molecule has 0 unspecified atom stereocenters. The highest BCUT2D eigenvalue weighted by Gasteiger charge is 2.47. The van der Waals surface area contributed by atoms with Crippen LogP contribution >= 0.6 is 11.6 Å². The van der Waals surface area contributed by atoms with Crippen LogP contribution in [-0.2, 0) is 19.7 Å². The highest BCUT2D eigenvalue weighted by molar-refractivity contribution is 6.30. The molecule has 0 aromatic heterocycles. The first-order valence-electron chi connectivity index (χ1n) is 10.3. The lowest BCUT2D eigenvalue weighted by Crippen LogP contribution is -2.49. The van der Waals surface area contributed by atoms with Gasteiger partial charge in [-0.2, -0.15) is 0 Å². The van der Waals surface area contributed by atoms with Crippen molar-refractivity contribution in [1.29, 1.82) is 0 Å². The molecule has 1 spiro atoms. The normalized spacial score (nSPS) is 26.4. The Morgan fingerprint density at radius 1 is 1.21 bits per heavy atom. The third-order valence-electron chi connectivity index (χ3n) is 7.00. The third kappa shape index (κ3) is 3.43. The molecule has 4 rings (SSSR count). The van der Waals surface area contributed by atoms with Gasteiger partial charge in [0.1, 0.15) is 0 Å². The Morgan fingerprint density at radius 2 is 1.96 bits per heavy atom. The number of carbonyl (C=O) groups is 2. The molecule has 2 fully saturated rings. The Kier molecular flexibility index (Phi) is 5.41. The number of hydrogen-bond acceptors (Lipinski definition) is 3. The summed E-state index contributed by atoms with van der Waals surface area (Å²) in [5.74, 6) is 0.433. The predicted molar refractivity (Wildman–Crippen MR) is 110 cm³/mol. The van der Waals surface area contributed by atoms with Gasteiger partial charge >= 0.3 is 0 Å². The number of halogens is 1. The van der Waals surface area contributed by atoms with Crippen molar-refractivity contribution < 1.29 is 14.3 Å². The third-order valence-corrected chi connectivity index (χ3v) is 7.24. The quantitative estimate of drug-likeness (QED) is 0.753. The van der Waals surface area contributed by atoms with Gasteiger partial charge in [-0.1, -0.05) is 18.0 Å². The van der Waals surface area contributed by atoms with Crippen molar-refractivity contribution in [2.45, 2.75) is 57.0 Å². The fourth-order valence-electron chi connectivity index (χ4n) is 5.35. The lowest BCUT2D eigenvalue weighted by molar-refractivity contribution is -0.139. The zero-order valence-electron chi connectivity index (χ0n) is 16.7. The van der Waals surface area contributed by atoms with Crippen molar-refractivity contribution in [2.24, 2.45) is 5.92 Å². The molecule has 5 nitrogen and oxygen atoms in total. The molecule has 2 aliphatic heterocycles.